The standard InChI is InChI=1S/C12H9Cl2N3O2/c1-19-10-8(5-7(13)6-9(10)14)11(18)17-12-15-3-2-4-16-12/h2-6H,1H3,(H,15,16,17,18). The predicted molar refractivity (Wildman–Crippen MR) is 73.0 cm³/mol. The molecule has 0 spiro atoms. The van der Waals surface area contributed by atoms with Crippen LogP contribution in [0.4, 0.5) is 5.95 Å². The molecular formula is C12H9Cl2N3O2. The molecule has 0 bridgehead atoms. The van der Waals surface area contributed by atoms with Gasteiger partial charge in [-0.05, 0) is 18.2 Å². The summed E-state index contributed by atoms with van der Waals surface area (Å²) in [4.78, 5) is 19.9. The van der Waals surface area contributed by atoms with E-state index in [1.165, 1.54) is 31.6 Å². The van der Waals surface area contributed by atoms with Crippen molar-refractivity contribution < 1.29 is 9.53 Å². The monoisotopic (exact) mass is 297 g/mol. The van der Waals surface area contributed by atoms with Crippen LogP contribution in [0.15, 0.2) is 30.6 Å². The van der Waals surface area contributed by atoms with Crippen molar-refractivity contribution in [1.29, 1.82) is 0 Å². The maximum Gasteiger partial charge on any atom is 0.261 e. The van der Waals surface area contributed by atoms with E-state index in [1.807, 2.05) is 0 Å². The summed E-state index contributed by atoms with van der Waals surface area (Å²) in [5.74, 6) is -0.0161. The van der Waals surface area contributed by atoms with Crippen LogP contribution in [0.3, 0.4) is 0 Å². The fraction of sp³-hybridized carbons (Fsp3) is 0.0833. The zero-order valence-corrected chi connectivity index (χ0v) is 11.4. The molecule has 0 radical (unpaired) electrons. The molecule has 1 aromatic carbocycles. The Labute approximate surface area is 119 Å². The Balaban J connectivity index is 2.33. The van der Waals surface area contributed by atoms with Gasteiger partial charge >= 0.3 is 0 Å². The van der Waals surface area contributed by atoms with E-state index in [1.54, 1.807) is 6.07 Å². The molecule has 0 aliphatic heterocycles. The molecule has 5 nitrogen and oxygen atoms in total. The van der Waals surface area contributed by atoms with E-state index in [0.717, 1.165) is 0 Å². The minimum absolute atomic E-state index is 0.186. The summed E-state index contributed by atoms with van der Waals surface area (Å²) in [5, 5.41) is 3.13. The molecule has 1 N–H and O–H groups in total. The van der Waals surface area contributed by atoms with Gasteiger partial charge in [-0.3, -0.25) is 10.1 Å². The number of ether oxygens (including phenoxy) is 1. The van der Waals surface area contributed by atoms with Gasteiger partial charge in [-0.15, -0.1) is 0 Å². The molecule has 7 heteroatoms. The van der Waals surface area contributed by atoms with Gasteiger partial charge in [-0.25, -0.2) is 9.97 Å². The highest BCUT2D eigenvalue weighted by atomic mass is 35.5. The Hall–Kier alpha value is -1.85. The van der Waals surface area contributed by atoms with Crippen LogP contribution in [-0.2, 0) is 0 Å². The lowest BCUT2D eigenvalue weighted by molar-refractivity contribution is 0.102. The highest BCUT2D eigenvalue weighted by Crippen LogP contribution is 2.32. The van der Waals surface area contributed by atoms with E-state index >= 15 is 0 Å². The maximum absolute atomic E-state index is 12.1. The summed E-state index contributed by atoms with van der Waals surface area (Å²) in [6.07, 6.45) is 3.04. The fourth-order valence-electron chi connectivity index (χ4n) is 1.47. The zero-order chi connectivity index (χ0) is 13.8. The quantitative estimate of drug-likeness (QED) is 0.946. The van der Waals surface area contributed by atoms with E-state index in [9.17, 15) is 4.79 Å². The Morgan fingerprint density at radius 1 is 1.26 bits per heavy atom. The Morgan fingerprint density at radius 3 is 2.58 bits per heavy atom. The number of nitrogens with zero attached hydrogens (tertiary/aromatic N) is 2. The number of benzene rings is 1. The van der Waals surface area contributed by atoms with Crippen molar-refractivity contribution in [3.63, 3.8) is 0 Å². The van der Waals surface area contributed by atoms with Crippen molar-refractivity contribution in [2.24, 2.45) is 0 Å². The summed E-state index contributed by atoms with van der Waals surface area (Å²) in [7, 11) is 1.42. The second kappa shape index (κ2) is 5.86. The van der Waals surface area contributed by atoms with E-state index < -0.39 is 5.91 Å². The van der Waals surface area contributed by atoms with E-state index in [-0.39, 0.29) is 22.3 Å². The van der Waals surface area contributed by atoms with Crippen LogP contribution in [0.25, 0.3) is 0 Å². The molecule has 0 aliphatic carbocycles. The van der Waals surface area contributed by atoms with Crippen molar-refractivity contribution in [2.75, 3.05) is 12.4 Å². The van der Waals surface area contributed by atoms with Crippen LogP contribution in [0.2, 0.25) is 10.0 Å². The Bertz CT molecular complexity index is 605. The Morgan fingerprint density at radius 2 is 1.95 bits per heavy atom. The first-order chi connectivity index (χ1) is 9.11. The van der Waals surface area contributed by atoms with Gasteiger partial charge in [0.1, 0.15) is 5.75 Å². The maximum atomic E-state index is 12.1. The lowest BCUT2D eigenvalue weighted by atomic mass is 10.2. The Kier molecular flexibility index (Phi) is 4.19. The lowest BCUT2D eigenvalue weighted by Crippen LogP contribution is -2.15. The summed E-state index contributed by atoms with van der Waals surface area (Å²) in [5.41, 5.74) is 0.215. The van der Waals surface area contributed by atoms with Crippen molar-refractivity contribution in [3.8, 4) is 5.75 Å². The number of methoxy groups -OCH3 is 1. The van der Waals surface area contributed by atoms with E-state index in [0.29, 0.717) is 5.02 Å². The minimum atomic E-state index is -0.451. The molecule has 1 amide bonds. The smallest absolute Gasteiger partial charge is 0.261 e. The first-order valence-electron chi connectivity index (χ1n) is 5.23. The van der Waals surface area contributed by atoms with Gasteiger partial charge in [0.15, 0.2) is 0 Å². The van der Waals surface area contributed by atoms with Crippen LogP contribution < -0.4 is 10.1 Å². The molecule has 0 atom stereocenters. The number of hydrogen-bond acceptors (Lipinski definition) is 4. The second-order valence-electron chi connectivity index (χ2n) is 3.49. The molecule has 98 valence electrons. The molecule has 2 rings (SSSR count). The van der Waals surface area contributed by atoms with Crippen LogP contribution in [-0.4, -0.2) is 23.0 Å². The first kappa shape index (κ1) is 13.6. The molecule has 0 saturated carbocycles. The van der Waals surface area contributed by atoms with Crippen LogP contribution >= 0.6 is 23.2 Å². The zero-order valence-electron chi connectivity index (χ0n) is 9.85. The van der Waals surface area contributed by atoms with Gasteiger partial charge in [-0.1, -0.05) is 23.2 Å². The molecule has 0 saturated heterocycles. The summed E-state index contributed by atoms with van der Waals surface area (Å²) in [6.45, 7) is 0. The minimum Gasteiger partial charge on any atom is -0.494 e. The fourth-order valence-corrected chi connectivity index (χ4v) is 2.04. The van der Waals surface area contributed by atoms with E-state index in [2.05, 4.69) is 15.3 Å². The molecule has 1 heterocycles. The molecule has 2 aromatic rings. The van der Waals surface area contributed by atoms with E-state index in [4.69, 9.17) is 27.9 Å². The SMILES string of the molecule is COc1c(Cl)cc(Cl)cc1C(=O)Nc1ncccn1. The molecular weight excluding hydrogens is 289 g/mol. The van der Waals surface area contributed by atoms with Crippen LogP contribution in [0.5, 0.6) is 5.75 Å². The normalized spacial score (nSPS) is 10.1. The topological polar surface area (TPSA) is 64.1 Å². The average Bonchev–Trinajstić information content (AvgIpc) is 2.39. The van der Waals surface area contributed by atoms with Gasteiger partial charge in [-0.2, -0.15) is 0 Å². The number of amides is 1. The molecule has 0 unspecified atom stereocenters. The van der Waals surface area contributed by atoms with Gasteiger partial charge < -0.3 is 4.74 Å². The van der Waals surface area contributed by atoms with Crippen molar-refractivity contribution >= 4 is 35.1 Å². The third-order valence-corrected chi connectivity index (χ3v) is 2.75. The molecule has 19 heavy (non-hydrogen) atoms. The van der Waals surface area contributed by atoms with Gasteiger partial charge in [0.2, 0.25) is 5.95 Å². The number of carbonyl (C=O) groups excluding carboxylic acids is 1. The van der Waals surface area contributed by atoms with Crippen LogP contribution in [0.1, 0.15) is 10.4 Å². The molecule has 0 aliphatic rings. The number of rotatable bonds is 3. The van der Waals surface area contributed by atoms with Crippen molar-refractivity contribution in [2.45, 2.75) is 0 Å². The van der Waals surface area contributed by atoms with Crippen molar-refractivity contribution in [3.05, 3.63) is 46.2 Å². The highest BCUT2D eigenvalue weighted by molar-refractivity contribution is 6.36. The summed E-state index contributed by atoms with van der Waals surface area (Å²) < 4.78 is 5.10. The van der Waals surface area contributed by atoms with Gasteiger partial charge in [0.05, 0.1) is 17.7 Å². The number of halogens is 2. The highest BCUT2D eigenvalue weighted by Gasteiger charge is 2.17. The molecule has 0 fully saturated rings. The van der Waals surface area contributed by atoms with Gasteiger partial charge in [0.25, 0.3) is 5.91 Å². The van der Waals surface area contributed by atoms with Crippen LogP contribution in [0, 0.1) is 0 Å². The summed E-state index contributed by atoms with van der Waals surface area (Å²) in [6, 6.07) is 4.61. The average molecular weight is 298 g/mol. The first-order valence-corrected chi connectivity index (χ1v) is 5.99. The number of anilines is 1. The summed E-state index contributed by atoms with van der Waals surface area (Å²) >= 11 is 11.8. The predicted octanol–water partition coefficient (Wildman–Crippen LogP) is 3.04. The number of nitrogens with one attached hydrogen (secondary N) is 1. The number of aromatic nitrogens is 2. The second-order valence-corrected chi connectivity index (χ2v) is 4.34. The third kappa shape index (κ3) is 3.13. The third-order valence-electron chi connectivity index (χ3n) is 2.25. The number of carbonyl (C=O) groups is 1. The lowest BCUT2D eigenvalue weighted by Gasteiger charge is -2.10. The van der Waals surface area contributed by atoms with Crippen molar-refractivity contribution in [1.82, 2.24) is 9.97 Å². The molecule has 1 aromatic heterocycles. The van der Waals surface area contributed by atoms with Gasteiger partial charge in [0, 0.05) is 17.4 Å². The number of hydrogen-bond donors (Lipinski definition) is 1. The largest absolute Gasteiger partial charge is 0.494 e.